The molecular weight excluding hydrogens is 280 g/mol. The van der Waals surface area contributed by atoms with Crippen LogP contribution in [0, 0.1) is 0 Å². The molecule has 0 spiro atoms. The minimum Gasteiger partial charge on any atom is -0.326 e. The Morgan fingerprint density at radius 2 is 2.05 bits per heavy atom. The number of hydrogen-bond donors (Lipinski definition) is 1. The SMILES string of the molecule is CN(Cc1cccs1)S(=O)(=O)c1cccc(CN)c1. The van der Waals surface area contributed by atoms with Crippen LogP contribution in [-0.2, 0) is 23.1 Å². The van der Waals surface area contributed by atoms with Gasteiger partial charge in [0.25, 0.3) is 0 Å². The fraction of sp³-hybridized carbons (Fsp3) is 0.231. The Morgan fingerprint density at radius 1 is 1.26 bits per heavy atom. The summed E-state index contributed by atoms with van der Waals surface area (Å²) in [6, 6.07) is 10.6. The molecule has 0 amide bonds. The maximum atomic E-state index is 12.4. The van der Waals surface area contributed by atoms with Gasteiger partial charge in [0.1, 0.15) is 0 Å². The van der Waals surface area contributed by atoms with Crippen LogP contribution in [0.25, 0.3) is 0 Å². The van der Waals surface area contributed by atoms with Crippen molar-refractivity contribution < 1.29 is 8.42 Å². The highest BCUT2D eigenvalue weighted by Crippen LogP contribution is 2.19. The van der Waals surface area contributed by atoms with Crippen molar-refractivity contribution >= 4 is 21.4 Å². The van der Waals surface area contributed by atoms with Gasteiger partial charge in [-0.2, -0.15) is 4.31 Å². The molecule has 0 aliphatic heterocycles. The van der Waals surface area contributed by atoms with Gasteiger partial charge < -0.3 is 5.73 Å². The average molecular weight is 296 g/mol. The lowest BCUT2D eigenvalue weighted by Gasteiger charge is -2.16. The fourth-order valence-corrected chi connectivity index (χ4v) is 3.78. The normalized spacial score (nSPS) is 11.9. The second-order valence-corrected chi connectivity index (χ2v) is 7.27. The van der Waals surface area contributed by atoms with Gasteiger partial charge in [0.15, 0.2) is 0 Å². The van der Waals surface area contributed by atoms with Gasteiger partial charge in [-0.25, -0.2) is 8.42 Å². The molecule has 1 aromatic heterocycles. The lowest BCUT2D eigenvalue weighted by atomic mass is 10.2. The molecule has 6 heteroatoms. The highest BCUT2D eigenvalue weighted by atomic mass is 32.2. The molecule has 2 rings (SSSR count). The molecule has 0 saturated carbocycles. The first kappa shape index (κ1) is 14.2. The predicted octanol–water partition coefficient (Wildman–Crippen LogP) is 2.03. The first-order chi connectivity index (χ1) is 9.04. The van der Waals surface area contributed by atoms with Gasteiger partial charge in [0, 0.05) is 25.0 Å². The van der Waals surface area contributed by atoms with E-state index in [2.05, 4.69) is 0 Å². The van der Waals surface area contributed by atoms with Crippen molar-refractivity contribution in [2.45, 2.75) is 18.0 Å². The maximum absolute atomic E-state index is 12.4. The molecule has 0 unspecified atom stereocenters. The highest BCUT2D eigenvalue weighted by Gasteiger charge is 2.21. The topological polar surface area (TPSA) is 63.4 Å². The number of benzene rings is 1. The summed E-state index contributed by atoms with van der Waals surface area (Å²) in [5.41, 5.74) is 6.35. The smallest absolute Gasteiger partial charge is 0.243 e. The Hall–Kier alpha value is -1.21. The number of hydrogen-bond acceptors (Lipinski definition) is 4. The van der Waals surface area contributed by atoms with E-state index in [1.54, 1.807) is 36.6 Å². The van der Waals surface area contributed by atoms with Crippen molar-refractivity contribution in [1.29, 1.82) is 0 Å². The quantitative estimate of drug-likeness (QED) is 0.918. The molecular formula is C13H16N2O2S2. The van der Waals surface area contributed by atoms with E-state index in [1.165, 1.54) is 4.31 Å². The van der Waals surface area contributed by atoms with E-state index in [0.29, 0.717) is 13.1 Å². The molecule has 19 heavy (non-hydrogen) atoms. The van der Waals surface area contributed by atoms with E-state index in [9.17, 15) is 8.42 Å². The number of sulfonamides is 1. The van der Waals surface area contributed by atoms with Crippen LogP contribution in [0.5, 0.6) is 0 Å². The van der Waals surface area contributed by atoms with Gasteiger partial charge in [-0.1, -0.05) is 18.2 Å². The summed E-state index contributed by atoms with van der Waals surface area (Å²) >= 11 is 1.54. The van der Waals surface area contributed by atoms with Crippen molar-refractivity contribution in [2.75, 3.05) is 7.05 Å². The fourth-order valence-electron chi connectivity index (χ4n) is 1.72. The van der Waals surface area contributed by atoms with Crippen LogP contribution in [0.4, 0.5) is 0 Å². The summed E-state index contributed by atoms with van der Waals surface area (Å²) in [7, 11) is -1.88. The van der Waals surface area contributed by atoms with Crippen LogP contribution in [-0.4, -0.2) is 19.8 Å². The summed E-state index contributed by atoms with van der Waals surface area (Å²) in [5.74, 6) is 0. The zero-order valence-electron chi connectivity index (χ0n) is 10.6. The van der Waals surface area contributed by atoms with Crippen LogP contribution in [0.3, 0.4) is 0 Å². The molecule has 2 N–H and O–H groups in total. The third-order valence-corrected chi connectivity index (χ3v) is 5.46. The average Bonchev–Trinajstić information content (AvgIpc) is 2.91. The first-order valence-electron chi connectivity index (χ1n) is 5.82. The van der Waals surface area contributed by atoms with Crippen molar-refractivity contribution in [1.82, 2.24) is 4.31 Å². The molecule has 0 atom stereocenters. The minimum atomic E-state index is -3.46. The molecule has 0 bridgehead atoms. The van der Waals surface area contributed by atoms with E-state index in [0.717, 1.165) is 10.4 Å². The van der Waals surface area contributed by atoms with Gasteiger partial charge >= 0.3 is 0 Å². The zero-order valence-corrected chi connectivity index (χ0v) is 12.2. The van der Waals surface area contributed by atoms with E-state index < -0.39 is 10.0 Å². The minimum absolute atomic E-state index is 0.287. The zero-order chi connectivity index (χ0) is 13.9. The largest absolute Gasteiger partial charge is 0.326 e. The van der Waals surface area contributed by atoms with Gasteiger partial charge in [-0.3, -0.25) is 0 Å². The Morgan fingerprint density at radius 3 is 2.68 bits per heavy atom. The van der Waals surface area contributed by atoms with Gasteiger partial charge in [0.2, 0.25) is 10.0 Å². The number of rotatable bonds is 5. The van der Waals surface area contributed by atoms with Gasteiger partial charge in [-0.05, 0) is 29.1 Å². The summed E-state index contributed by atoms with van der Waals surface area (Å²) in [6.45, 7) is 0.713. The summed E-state index contributed by atoms with van der Waals surface area (Å²) < 4.78 is 26.2. The van der Waals surface area contributed by atoms with E-state index >= 15 is 0 Å². The van der Waals surface area contributed by atoms with Crippen LogP contribution in [0.2, 0.25) is 0 Å². The summed E-state index contributed by atoms with van der Waals surface area (Å²) in [4.78, 5) is 1.30. The maximum Gasteiger partial charge on any atom is 0.243 e. The van der Waals surface area contributed by atoms with Crippen molar-refractivity contribution in [3.05, 3.63) is 52.2 Å². The Labute approximate surface area is 117 Å². The summed E-state index contributed by atoms with van der Waals surface area (Å²) in [6.07, 6.45) is 0. The van der Waals surface area contributed by atoms with E-state index in [4.69, 9.17) is 5.73 Å². The monoisotopic (exact) mass is 296 g/mol. The van der Waals surface area contributed by atoms with E-state index in [-0.39, 0.29) is 4.90 Å². The lowest BCUT2D eigenvalue weighted by molar-refractivity contribution is 0.469. The van der Waals surface area contributed by atoms with Crippen molar-refractivity contribution in [3.63, 3.8) is 0 Å². The summed E-state index contributed by atoms with van der Waals surface area (Å²) in [5, 5.41) is 1.94. The molecule has 4 nitrogen and oxygen atoms in total. The van der Waals surface area contributed by atoms with Gasteiger partial charge in [-0.15, -0.1) is 11.3 Å². The molecule has 0 saturated heterocycles. The standard InChI is InChI=1S/C13H16N2O2S2/c1-15(10-12-5-3-7-18-12)19(16,17)13-6-2-4-11(8-13)9-14/h2-8H,9-10,14H2,1H3. The number of nitrogens with two attached hydrogens (primary N) is 1. The third-order valence-electron chi connectivity index (χ3n) is 2.80. The van der Waals surface area contributed by atoms with Crippen LogP contribution in [0.1, 0.15) is 10.4 Å². The molecule has 1 aromatic carbocycles. The highest BCUT2D eigenvalue weighted by molar-refractivity contribution is 7.89. The lowest BCUT2D eigenvalue weighted by Crippen LogP contribution is -2.26. The van der Waals surface area contributed by atoms with Crippen molar-refractivity contribution in [3.8, 4) is 0 Å². The third kappa shape index (κ3) is 3.22. The first-order valence-corrected chi connectivity index (χ1v) is 8.14. The Balaban J connectivity index is 2.25. The molecule has 0 fully saturated rings. The van der Waals surface area contributed by atoms with E-state index in [1.807, 2.05) is 23.6 Å². The van der Waals surface area contributed by atoms with Crippen LogP contribution in [0.15, 0.2) is 46.7 Å². The van der Waals surface area contributed by atoms with Crippen LogP contribution < -0.4 is 5.73 Å². The number of nitrogens with zero attached hydrogens (tertiary/aromatic N) is 1. The molecule has 102 valence electrons. The molecule has 0 radical (unpaired) electrons. The van der Waals surface area contributed by atoms with Gasteiger partial charge in [0.05, 0.1) is 4.90 Å². The van der Waals surface area contributed by atoms with Crippen LogP contribution >= 0.6 is 11.3 Å². The number of thiophene rings is 1. The second kappa shape index (κ2) is 5.83. The molecule has 2 aromatic rings. The molecule has 0 aliphatic carbocycles. The second-order valence-electron chi connectivity index (χ2n) is 4.19. The molecule has 0 aliphatic rings. The Kier molecular flexibility index (Phi) is 4.36. The predicted molar refractivity (Wildman–Crippen MR) is 77.3 cm³/mol. The molecule has 1 heterocycles. The van der Waals surface area contributed by atoms with Crippen molar-refractivity contribution in [2.24, 2.45) is 5.73 Å². The Bertz CT molecular complexity index is 636.